The average molecular weight is 402 g/mol. The molecule has 3 aromatic rings. The van der Waals surface area contributed by atoms with Crippen LogP contribution in [0.3, 0.4) is 0 Å². The third-order valence-corrected chi connectivity index (χ3v) is 4.80. The summed E-state index contributed by atoms with van der Waals surface area (Å²) >= 11 is 6.07. The Labute approximate surface area is 169 Å². The maximum absolute atomic E-state index is 12.4. The quantitative estimate of drug-likeness (QED) is 0.555. The molecule has 1 amide bonds. The molecule has 2 aromatic carbocycles. The second kappa shape index (κ2) is 9.57. The standard InChI is InChI=1S/C21H24ClN3O3/c1-15-12-16(8-9-17(15)22)28-14-20-24-18-6-3-4-7-19(18)25(20)13-21(26)23-10-5-11-27-2/h3-4,6-9,12H,5,10-11,13-14H2,1-2H3,(H,23,26). The molecule has 0 aliphatic carbocycles. The number of para-hydroxylation sites is 2. The summed E-state index contributed by atoms with van der Waals surface area (Å²) in [5.41, 5.74) is 2.68. The first kappa shape index (κ1) is 20.2. The number of nitrogens with zero attached hydrogens (tertiary/aromatic N) is 2. The van der Waals surface area contributed by atoms with Gasteiger partial charge in [-0.15, -0.1) is 0 Å². The van der Waals surface area contributed by atoms with E-state index in [2.05, 4.69) is 10.3 Å². The molecular weight excluding hydrogens is 378 g/mol. The molecule has 0 aliphatic heterocycles. The molecule has 1 heterocycles. The van der Waals surface area contributed by atoms with Crippen molar-refractivity contribution in [1.29, 1.82) is 0 Å². The van der Waals surface area contributed by atoms with E-state index in [1.165, 1.54) is 0 Å². The van der Waals surface area contributed by atoms with Crippen molar-refractivity contribution in [2.45, 2.75) is 26.5 Å². The predicted molar refractivity (Wildman–Crippen MR) is 110 cm³/mol. The zero-order valence-corrected chi connectivity index (χ0v) is 16.8. The molecule has 0 fully saturated rings. The Bertz CT molecular complexity index is 955. The smallest absolute Gasteiger partial charge is 0.240 e. The number of aryl methyl sites for hydroxylation is 1. The number of amides is 1. The fourth-order valence-corrected chi connectivity index (χ4v) is 3.03. The molecular formula is C21H24ClN3O3. The van der Waals surface area contributed by atoms with Gasteiger partial charge in [-0.2, -0.15) is 0 Å². The number of hydrogen-bond acceptors (Lipinski definition) is 4. The minimum atomic E-state index is -0.0668. The third-order valence-electron chi connectivity index (χ3n) is 4.38. The van der Waals surface area contributed by atoms with Crippen LogP contribution in [0, 0.1) is 6.92 Å². The summed E-state index contributed by atoms with van der Waals surface area (Å²) in [7, 11) is 1.65. The van der Waals surface area contributed by atoms with Crippen LogP contribution in [-0.4, -0.2) is 35.7 Å². The Balaban J connectivity index is 1.74. The van der Waals surface area contributed by atoms with Gasteiger partial charge in [0.05, 0.1) is 11.0 Å². The predicted octanol–water partition coefficient (Wildman–Crippen LogP) is 3.73. The van der Waals surface area contributed by atoms with Crippen LogP contribution in [0.5, 0.6) is 5.75 Å². The number of imidazole rings is 1. The van der Waals surface area contributed by atoms with Gasteiger partial charge in [-0.25, -0.2) is 4.98 Å². The van der Waals surface area contributed by atoms with Crippen molar-refractivity contribution in [2.24, 2.45) is 0 Å². The van der Waals surface area contributed by atoms with E-state index in [9.17, 15) is 4.79 Å². The monoisotopic (exact) mass is 401 g/mol. The Kier molecular flexibility index (Phi) is 6.90. The highest BCUT2D eigenvalue weighted by atomic mass is 35.5. The van der Waals surface area contributed by atoms with E-state index < -0.39 is 0 Å². The van der Waals surface area contributed by atoms with Gasteiger partial charge in [0.15, 0.2) is 0 Å². The normalized spacial score (nSPS) is 11.0. The zero-order valence-electron chi connectivity index (χ0n) is 16.1. The van der Waals surface area contributed by atoms with Crippen LogP contribution in [-0.2, 0) is 22.7 Å². The van der Waals surface area contributed by atoms with Crippen LogP contribution in [0.25, 0.3) is 11.0 Å². The van der Waals surface area contributed by atoms with E-state index in [0.717, 1.165) is 23.0 Å². The molecule has 0 atom stereocenters. The SMILES string of the molecule is COCCCNC(=O)Cn1c(COc2ccc(Cl)c(C)c2)nc2ccccc21. The van der Waals surface area contributed by atoms with Crippen molar-refractivity contribution in [3.05, 3.63) is 58.9 Å². The fraction of sp³-hybridized carbons (Fsp3) is 0.333. The van der Waals surface area contributed by atoms with Gasteiger partial charge in [0, 0.05) is 25.3 Å². The van der Waals surface area contributed by atoms with Crippen molar-refractivity contribution in [2.75, 3.05) is 20.3 Å². The molecule has 0 radical (unpaired) electrons. The van der Waals surface area contributed by atoms with Crippen LogP contribution in [0.4, 0.5) is 0 Å². The van der Waals surface area contributed by atoms with E-state index in [1.807, 2.05) is 54.0 Å². The molecule has 0 saturated carbocycles. The summed E-state index contributed by atoms with van der Waals surface area (Å²) in [4.78, 5) is 17.0. The number of benzene rings is 2. The zero-order chi connectivity index (χ0) is 19.9. The summed E-state index contributed by atoms with van der Waals surface area (Å²) < 4.78 is 12.8. The van der Waals surface area contributed by atoms with Gasteiger partial charge in [0.1, 0.15) is 24.7 Å². The Morgan fingerprint density at radius 3 is 2.86 bits per heavy atom. The molecule has 3 rings (SSSR count). The molecule has 1 aromatic heterocycles. The number of ether oxygens (including phenoxy) is 2. The summed E-state index contributed by atoms with van der Waals surface area (Å²) in [6.07, 6.45) is 0.777. The van der Waals surface area contributed by atoms with Gasteiger partial charge in [-0.3, -0.25) is 4.79 Å². The highest BCUT2D eigenvalue weighted by Crippen LogP contribution is 2.23. The van der Waals surface area contributed by atoms with Gasteiger partial charge in [-0.05, 0) is 49.2 Å². The third kappa shape index (κ3) is 5.03. The second-order valence-corrected chi connectivity index (χ2v) is 6.91. The molecule has 6 nitrogen and oxygen atoms in total. The summed E-state index contributed by atoms with van der Waals surface area (Å²) in [6.45, 7) is 3.57. The van der Waals surface area contributed by atoms with Crippen LogP contribution in [0.15, 0.2) is 42.5 Å². The summed E-state index contributed by atoms with van der Waals surface area (Å²) in [6, 6.07) is 13.3. The van der Waals surface area contributed by atoms with Crippen molar-refractivity contribution in [1.82, 2.24) is 14.9 Å². The number of methoxy groups -OCH3 is 1. The van der Waals surface area contributed by atoms with Gasteiger partial charge < -0.3 is 19.4 Å². The minimum Gasteiger partial charge on any atom is -0.486 e. The Morgan fingerprint density at radius 1 is 1.25 bits per heavy atom. The van der Waals surface area contributed by atoms with Crippen LogP contribution in [0.1, 0.15) is 17.8 Å². The lowest BCUT2D eigenvalue weighted by Gasteiger charge is -2.11. The van der Waals surface area contributed by atoms with Crippen molar-refractivity contribution >= 4 is 28.5 Å². The minimum absolute atomic E-state index is 0.0668. The van der Waals surface area contributed by atoms with E-state index in [1.54, 1.807) is 7.11 Å². The fourth-order valence-electron chi connectivity index (χ4n) is 2.91. The van der Waals surface area contributed by atoms with Crippen LogP contribution in [0.2, 0.25) is 5.02 Å². The lowest BCUT2D eigenvalue weighted by Crippen LogP contribution is -2.29. The molecule has 0 bridgehead atoms. The molecule has 0 aliphatic rings. The van der Waals surface area contributed by atoms with Crippen LogP contribution < -0.4 is 10.1 Å². The number of aromatic nitrogens is 2. The highest BCUT2D eigenvalue weighted by molar-refractivity contribution is 6.31. The first-order valence-electron chi connectivity index (χ1n) is 9.17. The Morgan fingerprint density at radius 2 is 2.07 bits per heavy atom. The molecule has 28 heavy (non-hydrogen) atoms. The highest BCUT2D eigenvalue weighted by Gasteiger charge is 2.14. The largest absolute Gasteiger partial charge is 0.486 e. The number of halogens is 1. The van der Waals surface area contributed by atoms with Gasteiger partial charge >= 0.3 is 0 Å². The second-order valence-electron chi connectivity index (χ2n) is 6.50. The van der Waals surface area contributed by atoms with E-state index in [-0.39, 0.29) is 19.1 Å². The summed E-state index contributed by atoms with van der Waals surface area (Å²) in [5.74, 6) is 1.34. The number of rotatable bonds is 9. The first-order chi connectivity index (χ1) is 13.6. The topological polar surface area (TPSA) is 65.4 Å². The van der Waals surface area contributed by atoms with Gasteiger partial charge in [-0.1, -0.05) is 23.7 Å². The maximum Gasteiger partial charge on any atom is 0.240 e. The molecule has 0 unspecified atom stereocenters. The number of nitrogens with one attached hydrogen (secondary N) is 1. The maximum atomic E-state index is 12.4. The van der Waals surface area contributed by atoms with E-state index >= 15 is 0 Å². The lowest BCUT2D eigenvalue weighted by atomic mass is 10.2. The van der Waals surface area contributed by atoms with Gasteiger partial charge in [0.25, 0.3) is 0 Å². The first-order valence-corrected chi connectivity index (χ1v) is 9.55. The average Bonchev–Trinajstić information content (AvgIpc) is 3.04. The van der Waals surface area contributed by atoms with Crippen molar-refractivity contribution < 1.29 is 14.3 Å². The van der Waals surface area contributed by atoms with Crippen LogP contribution >= 0.6 is 11.6 Å². The van der Waals surface area contributed by atoms with Crippen molar-refractivity contribution in [3.63, 3.8) is 0 Å². The number of carbonyl (C=O) groups is 1. The molecule has 0 spiro atoms. The van der Waals surface area contributed by atoms with E-state index in [0.29, 0.717) is 29.7 Å². The molecule has 0 saturated heterocycles. The van der Waals surface area contributed by atoms with Crippen molar-refractivity contribution in [3.8, 4) is 5.75 Å². The van der Waals surface area contributed by atoms with Gasteiger partial charge in [0.2, 0.25) is 5.91 Å². The molecule has 1 N–H and O–H groups in total. The lowest BCUT2D eigenvalue weighted by molar-refractivity contribution is -0.121. The Hall–Kier alpha value is -2.57. The molecule has 7 heteroatoms. The number of carbonyl (C=O) groups excluding carboxylic acids is 1. The summed E-state index contributed by atoms with van der Waals surface area (Å²) in [5, 5.41) is 3.61. The van der Waals surface area contributed by atoms with E-state index in [4.69, 9.17) is 21.1 Å². The number of fused-ring (bicyclic) bond motifs is 1. The number of hydrogen-bond donors (Lipinski definition) is 1. The molecule has 148 valence electrons.